The average molecular weight is 183 g/mol. The highest BCUT2D eigenvalue weighted by Crippen LogP contribution is 2.14. The highest BCUT2D eigenvalue weighted by atomic mass is 32.1. The maximum Gasteiger partial charge on any atom is 0.171 e. The Morgan fingerprint density at radius 3 is 3.08 bits per heavy atom. The Morgan fingerprint density at radius 1 is 1.75 bits per heavy atom. The minimum absolute atomic E-state index is 0.0892. The molecule has 12 heavy (non-hydrogen) atoms. The molecule has 0 fully saturated rings. The summed E-state index contributed by atoms with van der Waals surface area (Å²) in [6, 6.07) is 2.02. The van der Waals surface area contributed by atoms with E-state index >= 15 is 0 Å². The van der Waals surface area contributed by atoms with E-state index in [2.05, 4.69) is 9.36 Å². The molecule has 0 spiro atoms. The molecule has 1 heterocycles. The zero-order valence-corrected chi connectivity index (χ0v) is 7.76. The van der Waals surface area contributed by atoms with Crippen molar-refractivity contribution in [1.29, 1.82) is 5.26 Å². The molecule has 0 saturated carbocycles. The SMILES string of the molecule is COC(C)c1nsc(CC#N)n1. The molecule has 5 heteroatoms. The Bertz CT molecular complexity index is 291. The van der Waals surface area contributed by atoms with E-state index in [9.17, 15) is 0 Å². The van der Waals surface area contributed by atoms with Crippen LogP contribution in [-0.2, 0) is 11.2 Å². The van der Waals surface area contributed by atoms with Gasteiger partial charge in [0.25, 0.3) is 0 Å². The van der Waals surface area contributed by atoms with Crippen LogP contribution in [0.5, 0.6) is 0 Å². The Hall–Kier alpha value is -0.990. The first-order chi connectivity index (χ1) is 5.77. The molecule has 64 valence electrons. The van der Waals surface area contributed by atoms with E-state index in [4.69, 9.17) is 10.00 Å². The zero-order valence-electron chi connectivity index (χ0n) is 6.94. The highest BCUT2D eigenvalue weighted by molar-refractivity contribution is 7.05. The second-order valence-corrected chi connectivity index (χ2v) is 3.10. The summed E-state index contributed by atoms with van der Waals surface area (Å²) in [5.41, 5.74) is 0. The van der Waals surface area contributed by atoms with Gasteiger partial charge >= 0.3 is 0 Å². The molecule has 0 aliphatic carbocycles. The van der Waals surface area contributed by atoms with Gasteiger partial charge in [0.2, 0.25) is 0 Å². The number of ether oxygens (including phenoxy) is 1. The molecule has 0 bridgehead atoms. The number of aromatic nitrogens is 2. The van der Waals surface area contributed by atoms with Crippen molar-refractivity contribution in [2.45, 2.75) is 19.4 Å². The molecule has 0 radical (unpaired) electrons. The van der Waals surface area contributed by atoms with Crippen LogP contribution in [0.4, 0.5) is 0 Å². The number of methoxy groups -OCH3 is 1. The first-order valence-corrected chi connectivity index (χ1v) is 4.27. The molecule has 1 unspecified atom stereocenters. The molecular weight excluding hydrogens is 174 g/mol. The van der Waals surface area contributed by atoms with Gasteiger partial charge < -0.3 is 4.74 Å². The number of rotatable bonds is 3. The van der Waals surface area contributed by atoms with Crippen LogP contribution in [0.1, 0.15) is 23.9 Å². The normalized spacial score (nSPS) is 12.4. The van der Waals surface area contributed by atoms with Crippen molar-refractivity contribution in [1.82, 2.24) is 9.36 Å². The van der Waals surface area contributed by atoms with Gasteiger partial charge in [0.05, 0.1) is 12.5 Å². The Morgan fingerprint density at radius 2 is 2.50 bits per heavy atom. The largest absolute Gasteiger partial charge is 0.374 e. The molecular formula is C7H9N3OS. The second kappa shape index (κ2) is 4.14. The van der Waals surface area contributed by atoms with Gasteiger partial charge in [-0.1, -0.05) is 0 Å². The number of hydrogen-bond donors (Lipinski definition) is 0. The van der Waals surface area contributed by atoms with Gasteiger partial charge in [-0.3, -0.25) is 0 Å². The fourth-order valence-corrected chi connectivity index (χ4v) is 1.33. The third-order valence-electron chi connectivity index (χ3n) is 1.43. The van der Waals surface area contributed by atoms with Gasteiger partial charge in [-0.2, -0.15) is 9.64 Å². The summed E-state index contributed by atoms with van der Waals surface area (Å²) in [5.74, 6) is 0.660. The van der Waals surface area contributed by atoms with Crippen LogP contribution in [0.15, 0.2) is 0 Å². The lowest BCUT2D eigenvalue weighted by Gasteiger charge is -2.01. The van der Waals surface area contributed by atoms with E-state index in [-0.39, 0.29) is 6.10 Å². The van der Waals surface area contributed by atoms with Crippen molar-refractivity contribution in [3.05, 3.63) is 10.8 Å². The topological polar surface area (TPSA) is 58.8 Å². The minimum Gasteiger partial charge on any atom is -0.374 e. The van der Waals surface area contributed by atoms with Crippen LogP contribution < -0.4 is 0 Å². The van der Waals surface area contributed by atoms with E-state index in [1.807, 2.05) is 13.0 Å². The molecule has 0 saturated heterocycles. The molecule has 1 aromatic rings. The summed E-state index contributed by atoms with van der Waals surface area (Å²) < 4.78 is 9.09. The van der Waals surface area contributed by atoms with E-state index in [0.29, 0.717) is 12.2 Å². The Kier molecular flexibility index (Phi) is 3.14. The molecule has 0 aromatic carbocycles. The van der Waals surface area contributed by atoms with Gasteiger partial charge in [-0.05, 0) is 18.5 Å². The van der Waals surface area contributed by atoms with Crippen molar-refractivity contribution < 1.29 is 4.74 Å². The smallest absolute Gasteiger partial charge is 0.171 e. The molecule has 4 nitrogen and oxygen atoms in total. The highest BCUT2D eigenvalue weighted by Gasteiger charge is 2.10. The van der Waals surface area contributed by atoms with Gasteiger partial charge in [0.15, 0.2) is 5.82 Å². The standard InChI is InChI=1S/C7H9N3OS/c1-5(11-2)7-9-6(3-4-8)12-10-7/h5H,3H2,1-2H3. The maximum atomic E-state index is 8.38. The minimum atomic E-state index is -0.0892. The summed E-state index contributed by atoms with van der Waals surface area (Å²) in [5, 5.41) is 9.13. The lowest BCUT2D eigenvalue weighted by Crippen LogP contribution is -1.98. The van der Waals surface area contributed by atoms with Crippen LogP contribution in [-0.4, -0.2) is 16.5 Å². The summed E-state index contributed by atoms with van der Waals surface area (Å²) in [6.07, 6.45) is 0.238. The molecule has 0 aliphatic rings. The molecule has 0 N–H and O–H groups in total. The lowest BCUT2D eigenvalue weighted by atomic mass is 10.4. The van der Waals surface area contributed by atoms with Crippen molar-refractivity contribution >= 4 is 11.5 Å². The predicted molar refractivity (Wildman–Crippen MR) is 44.7 cm³/mol. The molecule has 1 rings (SSSR count). The first-order valence-electron chi connectivity index (χ1n) is 3.50. The van der Waals surface area contributed by atoms with Crippen LogP contribution in [0.2, 0.25) is 0 Å². The van der Waals surface area contributed by atoms with E-state index in [1.165, 1.54) is 11.5 Å². The van der Waals surface area contributed by atoms with Gasteiger partial charge in [-0.15, -0.1) is 0 Å². The Labute approximate surface area is 75.0 Å². The molecule has 1 atom stereocenters. The molecule has 0 amide bonds. The van der Waals surface area contributed by atoms with Crippen molar-refractivity contribution in [3.8, 4) is 6.07 Å². The zero-order chi connectivity index (χ0) is 8.97. The van der Waals surface area contributed by atoms with Gasteiger partial charge in [-0.25, -0.2) is 4.98 Å². The summed E-state index contributed by atoms with van der Waals surface area (Å²) in [6.45, 7) is 1.87. The third-order valence-corrected chi connectivity index (χ3v) is 2.16. The Balaban J connectivity index is 2.71. The number of nitrogens with zero attached hydrogens (tertiary/aromatic N) is 3. The van der Waals surface area contributed by atoms with E-state index < -0.39 is 0 Å². The fourth-order valence-electron chi connectivity index (χ4n) is 0.678. The molecule has 0 aliphatic heterocycles. The van der Waals surface area contributed by atoms with Crippen LogP contribution in [0, 0.1) is 11.3 Å². The third kappa shape index (κ3) is 2.00. The first kappa shape index (κ1) is 9.10. The van der Waals surface area contributed by atoms with Crippen molar-refractivity contribution in [2.75, 3.05) is 7.11 Å². The maximum absolute atomic E-state index is 8.38. The lowest BCUT2D eigenvalue weighted by molar-refractivity contribution is 0.113. The van der Waals surface area contributed by atoms with Crippen molar-refractivity contribution in [3.63, 3.8) is 0 Å². The van der Waals surface area contributed by atoms with Gasteiger partial charge in [0.1, 0.15) is 11.1 Å². The molecule has 1 aromatic heterocycles. The van der Waals surface area contributed by atoms with Crippen LogP contribution in [0.3, 0.4) is 0 Å². The summed E-state index contributed by atoms with van der Waals surface area (Å²) >= 11 is 1.25. The monoisotopic (exact) mass is 183 g/mol. The van der Waals surface area contributed by atoms with E-state index in [0.717, 1.165) is 5.01 Å². The quantitative estimate of drug-likeness (QED) is 0.709. The summed E-state index contributed by atoms with van der Waals surface area (Å²) in [7, 11) is 1.61. The average Bonchev–Trinajstić information content (AvgIpc) is 2.52. The second-order valence-electron chi connectivity index (χ2n) is 2.26. The van der Waals surface area contributed by atoms with Gasteiger partial charge in [0, 0.05) is 7.11 Å². The summed E-state index contributed by atoms with van der Waals surface area (Å²) in [4.78, 5) is 4.13. The number of nitriles is 1. The fraction of sp³-hybridized carbons (Fsp3) is 0.571. The van der Waals surface area contributed by atoms with E-state index in [1.54, 1.807) is 7.11 Å². The number of hydrogen-bond acceptors (Lipinski definition) is 5. The van der Waals surface area contributed by atoms with Crippen LogP contribution >= 0.6 is 11.5 Å². The predicted octanol–water partition coefficient (Wildman–Crippen LogP) is 1.31. The van der Waals surface area contributed by atoms with Crippen molar-refractivity contribution in [2.24, 2.45) is 0 Å². The van der Waals surface area contributed by atoms with Crippen LogP contribution in [0.25, 0.3) is 0 Å².